The average Bonchev–Trinajstić information content (AvgIpc) is 2.44. The van der Waals surface area contributed by atoms with Gasteiger partial charge >= 0.3 is 5.97 Å². The van der Waals surface area contributed by atoms with E-state index in [2.05, 4.69) is 5.32 Å². The lowest BCUT2D eigenvalue weighted by atomic mass is 10.0. The number of benzene rings is 1. The van der Waals surface area contributed by atoms with Gasteiger partial charge in [0.2, 0.25) is 5.91 Å². The van der Waals surface area contributed by atoms with Crippen molar-refractivity contribution in [2.75, 3.05) is 17.3 Å². The number of carbonyl (C=O) groups is 2. The minimum absolute atomic E-state index is 0.188. The summed E-state index contributed by atoms with van der Waals surface area (Å²) in [6.45, 7) is 3.85. The maximum absolute atomic E-state index is 12.2. The van der Waals surface area contributed by atoms with Crippen molar-refractivity contribution < 1.29 is 14.7 Å². The Morgan fingerprint density at radius 2 is 1.95 bits per heavy atom. The van der Waals surface area contributed by atoms with Crippen LogP contribution in [0.4, 0.5) is 0 Å². The fourth-order valence-corrected chi connectivity index (χ4v) is 5.23. The van der Waals surface area contributed by atoms with Crippen LogP contribution in [0.5, 0.6) is 0 Å². The van der Waals surface area contributed by atoms with E-state index in [1.807, 2.05) is 43.8 Å². The molecule has 1 aliphatic heterocycles. The Bertz CT molecular complexity index is 536. The van der Waals surface area contributed by atoms with Gasteiger partial charge < -0.3 is 10.4 Å². The molecule has 2 unspecified atom stereocenters. The molecule has 0 aromatic heterocycles. The fraction of sp³-hybridized carbons (Fsp3) is 0.500. The molecular formula is C16H21NO3S2. The highest BCUT2D eigenvalue weighted by Gasteiger charge is 2.25. The van der Waals surface area contributed by atoms with Crippen LogP contribution in [0.3, 0.4) is 0 Å². The van der Waals surface area contributed by atoms with Gasteiger partial charge in [-0.05, 0) is 19.4 Å². The number of carboxylic acids is 1. The van der Waals surface area contributed by atoms with Crippen LogP contribution in [-0.2, 0) is 9.59 Å². The standard InChI is InChI=1S/C16H21NO3S2/c1-10-5-11(2)7-12(6-10)15(16(19)20)17-14(18)8-13-9-21-3-4-22-13/h5-7,13,15H,3-4,8-9H2,1-2H3,(H,17,18)(H,19,20). The SMILES string of the molecule is Cc1cc(C)cc(C(NC(=O)CC2CSCCS2)C(=O)O)c1. The van der Waals surface area contributed by atoms with Crippen molar-refractivity contribution in [1.29, 1.82) is 0 Å². The molecule has 22 heavy (non-hydrogen) atoms. The largest absolute Gasteiger partial charge is 0.479 e. The summed E-state index contributed by atoms with van der Waals surface area (Å²) < 4.78 is 0. The number of hydrogen-bond donors (Lipinski definition) is 2. The fourth-order valence-electron chi connectivity index (χ4n) is 2.55. The molecule has 1 aromatic carbocycles. The molecule has 0 aliphatic carbocycles. The molecule has 0 saturated carbocycles. The normalized spacial score (nSPS) is 19.5. The Balaban J connectivity index is 2.04. The number of nitrogens with one attached hydrogen (secondary N) is 1. The van der Waals surface area contributed by atoms with E-state index in [1.54, 1.807) is 11.8 Å². The van der Waals surface area contributed by atoms with Crippen molar-refractivity contribution in [2.45, 2.75) is 31.6 Å². The van der Waals surface area contributed by atoms with Crippen molar-refractivity contribution in [1.82, 2.24) is 5.32 Å². The van der Waals surface area contributed by atoms with Crippen LogP contribution in [0.25, 0.3) is 0 Å². The Morgan fingerprint density at radius 3 is 2.50 bits per heavy atom. The first-order chi connectivity index (χ1) is 10.5. The molecule has 1 amide bonds. The van der Waals surface area contributed by atoms with Gasteiger partial charge in [0.1, 0.15) is 0 Å². The van der Waals surface area contributed by atoms with Gasteiger partial charge in [-0.2, -0.15) is 23.5 Å². The van der Waals surface area contributed by atoms with Gasteiger partial charge in [-0.15, -0.1) is 0 Å². The van der Waals surface area contributed by atoms with Gasteiger partial charge in [0, 0.05) is 28.9 Å². The van der Waals surface area contributed by atoms with E-state index < -0.39 is 12.0 Å². The molecule has 1 saturated heterocycles. The van der Waals surface area contributed by atoms with Gasteiger partial charge in [0.25, 0.3) is 0 Å². The highest BCUT2D eigenvalue weighted by atomic mass is 32.2. The molecule has 0 radical (unpaired) electrons. The third-order valence-corrected chi connectivity index (χ3v) is 6.27. The molecule has 1 heterocycles. The van der Waals surface area contributed by atoms with Gasteiger partial charge in [-0.3, -0.25) is 4.79 Å². The molecule has 4 nitrogen and oxygen atoms in total. The number of amides is 1. The third-order valence-electron chi connectivity index (χ3n) is 3.43. The highest BCUT2D eigenvalue weighted by molar-refractivity contribution is 8.06. The molecule has 120 valence electrons. The van der Waals surface area contributed by atoms with Crippen LogP contribution in [0, 0.1) is 13.8 Å². The summed E-state index contributed by atoms with van der Waals surface area (Å²) >= 11 is 3.65. The van der Waals surface area contributed by atoms with Crippen LogP contribution in [-0.4, -0.2) is 39.5 Å². The van der Waals surface area contributed by atoms with Crippen LogP contribution in [0.2, 0.25) is 0 Å². The van der Waals surface area contributed by atoms with Gasteiger partial charge in [0.05, 0.1) is 0 Å². The Labute approximate surface area is 139 Å². The molecule has 2 N–H and O–H groups in total. The van der Waals surface area contributed by atoms with Crippen molar-refractivity contribution in [3.8, 4) is 0 Å². The summed E-state index contributed by atoms with van der Waals surface area (Å²) in [4.78, 5) is 23.7. The molecule has 2 atom stereocenters. The number of hydrogen-bond acceptors (Lipinski definition) is 4. The second-order valence-electron chi connectivity index (χ2n) is 5.53. The van der Waals surface area contributed by atoms with Crippen molar-refractivity contribution >= 4 is 35.4 Å². The summed E-state index contributed by atoms with van der Waals surface area (Å²) in [5.74, 6) is 1.93. The first kappa shape index (κ1) is 17.2. The Morgan fingerprint density at radius 1 is 1.27 bits per heavy atom. The average molecular weight is 339 g/mol. The van der Waals surface area contributed by atoms with Crippen LogP contribution in [0.1, 0.15) is 29.2 Å². The molecule has 0 bridgehead atoms. The van der Waals surface area contributed by atoms with Crippen LogP contribution < -0.4 is 5.32 Å². The van der Waals surface area contributed by atoms with E-state index in [0.717, 1.165) is 28.4 Å². The third kappa shape index (κ3) is 4.95. The summed E-state index contributed by atoms with van der Waals surface area (Å²) in [5, 5.41) is 12.4. The summed E-state index contributed by atoms with van der Waals surface area (Å²) in [6, 6.07) is 4.64. The zero-order chi connectivity index (χ0) is 16.1. The minimum Gasteiger partial charge on any atom is -0.479 e. The summed E-state index contributed by atoms with van der Waals surface area (Å²) in [5.41, 5.74) is 2.62. The van der Waals surface area contributed by atoms with Crippen molar-refractivity contribution in [3.05, 3.63) is 34.9 Å². The Kier molecular flexibility index (Phi) is 6.20. The van der Waals surface area contributed by atoms with E-state index in [1.165, 1.54) is 0 Å². The second kappa shape index (κ2) is 7.92. The molecular weight excluding hydrogens is 318 g/mol. The predicted molar refractivity (Wildman–Crippen MR) is 92.6 cm³/mol. The molecule has 1 aliphatic rings. The molecule has 1 aromatic rings. The first-order valence-electron chi connectivity index (χ1n) is 7.25. The Hall–Kier alpha value is -1.14. The van der Waals surface area contributed by atoms with Crippen LogP contribution >= 0.6 is 23.5 Å². The molecule has 1 fully saturated rings. The van der Waals surface area contributed by atoms with Crippen LogP contribution in [0.15, 0.2) is 18.2 Å². The minimum atomic E-state index is -1.02. The highest BCUT2D eigenvalue weighted by Crippen LogP contribution is 2.26. The van der Waals surface area contributed by atoms with Crippen molar-refractivity contribution in [3.63, 3.8) is 0 Å². The van der Waals surface area contributed by atoms with Gasteiger partial charge in [0.15, 0.2) is 6.04 Å². The number of carbonyl (C=O) groups excluding carboxylic acids is 1. The van der Waals surface area contributed by atoms with E-state index in [-0.39, 0.29) is 11.2 Å². The maximum Gasteiger partial charge on any atom is 0.330 e. The number of aryl methyl sites for hydroxylation is 2. The van der Waals surface area contributed by atoms with E-state index in [0.29, 0.717) is 12.0 Å². The quantitative estimate of drug-likeness (QED) is 0.863. The maximum atomic E-state index is 12.2. The lowest BCUT2D eigenvalue weighted by Crippen LogP contribution is -2.36. The number of carboxylic acid groups (broad SMARTS) is 1. The second-order valence-corrected chi connectivity index (χ2v) is 8.09. The summed E-state index contributed by atoms with van der Waals surface area (Å²) in [7, 11) is 0. The van der Waals surface area contributed by atoms with Crippen molar-refractivity contribution in [2.24, 2.45) is 0 Å². The molecule has 6 heteroatoms. The number of aliphatic carboxylic acids is 1. The topological polar surface area (TPSA) is 66.4 Å². The zero-order valence-electron chi connectivity index (χ0n) is 12.8. The lowest BCUT2D eigenvalue weighted by molar-refractivity contribution is -0.142. The van der Waals surface area contributed by atoms with E-state index >= 15 is 0 Å². The van der Waals surface area contributed by atoms with E-state index in [4.69, 9.17) is 0 Å². The van der Waals surface area contributed by atoms with Gasteiger partial charge in [-0.25, -0.2) is 4.79 Å². The predicted octanol–water partition coefficient (Wildman–Crippen LogP) is 2.78. The summed E-state index contributed by atoms with van der Waals surface area (Å²) in [6.07, 6.45) is 0.381. The lowest BCUT2D eigenvalue weighted by Gasteiger charge is -2.22. The number of rotatable bonds is 5. The molecule has 0 spiro atoms. The first-order valence-corrected chi connectivity index (χ1v) is 9.46. The smallest absolute Gasteiger partial charge is 0.330 e. The monoisotopic (exact) mass is 339 g/mol. The zero-order valence-corrected chi connectivity index (χ0v) is 14.4. The van der Waals surface area contributed by atoms with Gasteiger partial charge in [-0.1, -0.05) is 29.3 Å². The molecule has 2 rings (SSSR count). The van der Waals surface area contributed by atoms with E-state index in [9.17, 15) is 14.7 Å². The number of thioether (sulfide) groups is 2.